The fourth-order valence-corrected chi connectivity index (χ4v) is 0.795. The van der Waals surface area contributed by atoms with Crippen LogP contribution < -0.4 is 0 Å². The minimum absolute atomic E-state index is 0.519. The summed E-state index contributed by atoms with van der Waals surface area (Å²) in [6.07, 6.45) is 7.47. The van der Waals surface area contributed by atoms with E-state index in [9.17, 15) is 4.91 Å². The average Bonchev–Trinajstić information content (AvgIpc) is 2.05. The van der Waals surface area contributed by atoms with E-state index in [1.807, 2.05) is 36.5 Å². The summed E-state index contributed by atoms with van der Waals surface area (Å²) in [4.78, 5) is 12.0. The maximum absolute atomic E-state index is 10.1. The molecule has 3 heteroatoms. The third-order valence-corrected chi connectivity index (χ3v) is 1.53. The first-order chi connectivity index (χ1) is 5.24. The summed E-state index contributed by atoms with van der Waals surface area (Å²) < 4.78 is 0. The van der Waals surface area contributed by atoms with Gasteiger partial charge in [-0.1, -0.05) is 0 Å². The van der Waals surface area contributed by atoms with Gasteiger partial charge in [0, 0.05) is 25.0 Å². The number of hydrogen-bond donors (Lipinski definition) is 0. The lowest BCUT2D eigenvalue weighted by Gasteiger charge is -2.11. The zero-order valence-corrected chi connectivity index (χ0v) is 6.61. The van der Waals surface area contributed by atoms with Crippen LogP contribution >= 0.6 is 0 Å². The second kappa shape index (κ2) is 3.14. The molecule has 0 saturated carbocycles. The fourth-order valence-electron chi connectivity index (χ4n) is 0.795. The Bertz CT molecular complexity index is 235. The molecular formula is C8H10N2O. The van der Waals surface area contributed by atoms with Crippen molar-refractivity contribution < 1.29 is 0 Å². The van der Waals surface area contributed by atoms with Crippen molar-refractivity contribution in [1.82, 2.24) is 4.90 Å². The fraction of sp³-hybridized carbons (Fsp3) is 0.250. The molecule has 1 rings (SSSR count). The number of nitrogens with zero attached hydrogens (tertiary/aromatic N) is 2. The summed E-state index contributed by atoms with van der Waals surface area (Å²) in [7, 11) is 1.92. The number of nitroso groups, excluding NO2 is 1. The molecule has 58 valence electrons. The Balaban J connectivity index is 2.87. The van der Waals surface area contributed by atoms with Gasteiger partial charge >= 0.3 is 0 Å². The first-order valence-corrected chi connectivity index (χ1v) is 3.36. The van der Waals surface area contributed by atoms with Crippen molar-refractivity contribution >= 4 is 0 Å². The summed E-state index contributed by atoms with van der Waals surface area (Å²) in [5.74, 6) is 0. The Morgan fingerprint density at radius 2 is 2.00 bits per heavy atom. The molecule has 3 nitrogen and oxygen atoms in total. The lowest BCUT2D eigenvalue weighted by atomic mass is 10.2. The Labute approximate surface area is 65.7 Å². The summed E-state index contributed by atoms with van der Waals surface area (Å²) in [5.41, 5.74) is 1.39. The molecule has 1 aliphatic heterocycles. The van der Waals surface area contributed by atoms with Gasteiger partial charge in [-0.15, -0.1) is 4.91 Å². The molecule has 0 saturated heterocycles. The van der Waals surface area contributed by atoms with Gasteiger partial charge in [0.05, 0.1) is 5.70 Å². The number of hydrogen-bond acceptors (Lipinski definition) is 3. The van der Waals surface area contributed by atoms with Crippen molar-refractivity contribution in [1.29, 1.82) is 0 Å². The van der Waals surface area contributed by atoms with Crippen LogP contribution in [-0.2, 0) is 0 Å². The van der Waals surface area contributed by atoms with Crippen LogP contribution in [0.25, 0.3) is 0 Å². The summed E-state index contributed by atoms with van der Waals surface area (Å²) in [6, 6.07) is 0. The molecule has 0 aromatic rings. The highest BCUT2D eigenvalue weighted by molar-refractivity contribution is 5.36. The van der Waals surface area contributed by atoms with E-state index in [1.54, 1.807) is 6.92 Å². The van der Waals surface area contributed by atoms with Crippen LogP contribution in [0.2, 0.25) is 0 Å². The van der Waals surface area contributed by atoms with Crippen LogP contribution in [0.5, 0.6) is 0 Å². The maximum atomic E-state index is 10.1. The third-order valence-electron chi connectivity index (χ3n) is 1.53. The van der Waals surface area contributed by atoms with E-state index in [0.717, 1.165) is 5.57 Å². The van der Waals surface area contributed by atoms with Gasteiger partial charge in [0.1, 0.15) is 0 Å². The topological polar surface area (TPSA) is 32.7 Å². The quantitative estimate of drug-likeness (QED) is 0.535. The van der Waals surface area contributed by atoms with Gasteiger partial charge in [0.25, 0.3) is 0 Å². The predicted molar refractivity (Wildman–Crippen MR) is 44.5 cm³/mol. The lowest BCUT2D eigenvalue weighted by Crippen LogP contribution is -2.03. The zero-order valence-electron chi connectivity index (χ0n) is 6.61. The molecule has 11 heavy (non-hydrogen) atoms. The second-order valence-corrected chi connectivity index (χ2v) is 2.43. The standard InChI is InChI=1S/C8H10N2O/c1-7(9-11)8-3-5-10(2)6-4-8/h3-6H,1-2H3. The molecule has 0 N–H and O–H groups in total. The average molecular weight is 150 g/mol. The SMILES string of the molecule is CC(N=O)=C1C=CN(C)C=C1. The third kappa shape index (κ3) is 1.77. The highest BCUT2D eigenvalue weighted by Crippen LogP contribution is 2.12. The molecule has 0 amide bonds. The van der Waals surface area contributed by atoms with E-state index in [1.165, 1.54) is 0 Å². The van der Waals surface area contributed by atoms with Crippen LogP contribution in [0.3, 0.4) is 0 Å². The lowest BCUT2D eigenvalue weighted by molar-refractivity contribution is 0.619. The van der Waals surface area contributed by atoms with Crippen molar-refractivity contribution in [3.8, 4) is 0 Å². The zero-order chi connectivity index (χ0) is 8.27. The smallest absolute Gasteiger partial charge is 0.0891 e. The highest BCUT2D eigenvalue weighted by Gasteiger charge is 1.99. The van der Waals surface area contributed by atoms with Crippen LogP contribution in [0.1, 0.15) is 6.92 Å². The van der Waals surface area contributed by atoms with Gasteiger partial charge in [-0.2, -0.15) is 0 Å². The number of allylic oxidation sites excluding steroid dienone is 4. The largest absolute Gasteiger partial charge is 0.357 e. The van der Waals surface area contributed by atoms with Crippen molar-refractivity contribution in [3.63, 3.8) is 0 Å². The molecule has 0 atom stereocenters. The molecule has 0 bridgehead atoms. The van der Waals surface area contributed by atoms with Crippen LogP contribution in [0.15, 0.2) is 41.0 Å². The molecule has 0 radical (unpaired) electrons. The Morgan fingerprint density at radius 3 is 2.45 bits per heavy atom. The molecular weight excluding hydrogens is 140 g/mol. The van der Waals surface area contributed by atoms with Gasteiger partial charge in [-0.3, -0.25) is 0 Å². The molecule has 0 aliphatic carbocycles. The van der Waals surface area contributed by atoms with Crippen molar-refractivity contribution in [2.75, 3.05) is 7.05 Å². The van der Waals surface area contributed by atoms with E-state index < -0.39 is 0 Å². The summed E-state index contributed by atoms with van der Waals surface area (Å²) in [6.45, 7) is 1.70. The van der Waals surface area contributed by atoms with Crippen LogP contribution in [-0.4, -0.2) is 11.9 Å². The van der Waals surface area contributed by atoms with Crippen LogP contribution in [0, 0.1) is 4.91 Å². The Kier molecular flexibility index (Phi) is 2.21. The van der Waals surface area contributed by atoms with E-state index in [0.29, 0.717) is 5.70 Å². The van der Waals surface area contributed by atoms with E-state index in [2.05, 4.69) is 5.18 Å². The molecule has 0 unspecified atom stereocenters. The van der Waals surface area contributed by atoms with Gasteiger partial charge in [-0.05, 0) is 24.3 Å². The minimum atomic E-state index is 0.519. The maximum Gasteiger partial charge on any atom is 0.0891 e. The molecule has 0 spiro atoms. The minimum Gasteiger partial charge on any atom is -0.357 e. The second-order valence-electron chi connectivity index (χ2n) is 2.43. The van der Waals surface area contributed by atoms with Crippen molar-refractivity contribution in [3.05, 3.63) is 40.7 Å². The molecule has 1 aliphatic rings. The Morgan fingerprint density at radius 1 is 1.45 bits per heavy atom. The first kappa shape index (κ1) is 7.72. The Hall–Kier alpha value is -1.38. The van der Waals surface area contributed by atoms with E-state index in [4.69, 9.17) is 0 Å². The van der Waals surface area contributed by atoms with E-state index >= 15 is 0 Å². The summed E-state index contributed by atoms with van der Waals surface area (Å²) >= 11 is 0. The summed E-state index contributed by atoms with van der Waals surface area (Å²) in [5, 5.41) is 2.85. The molecule has 0 fully saturated rings. The monoisotopic (exact) mass is 150 g/mol. The molecule has 0 aromatic carbocycles. The van der Waals surface area contributed by atoms with Crippen LogP contribution in [0.4, 0.5) is 0 Å². The van der Waals surface area contributed by atoms with Crippen molar-refractivity contribution in [2.24, 2.45) is 5.18 Å². The van der Waals surface area contributed by atoms with Crippen molar-refractivity contribution in [2.45, 2.75) is 6.92 Å². The number of rotatable bonds is 1. The van der Waals surface area contributed by atoms with Gasteiger partial charge in [0.15, 0.2) is 0 Å². The first-order valence-electron chi connectivity index (χ1n) is 3.36. The molecule has 0 aromatic heterocycles. The van der Waals surface area contributed by atoms with Gasteiger partial charge < -0.3 is 4.90 Å². The van der Waals surface area contributed by atoms with E-state index in [-0.39, 0.29) is 0 Å². The predicted octanol–water partition coefficient (Wildman–Crippen LogP) is 2.00. The molecule has 1 heterocycles. The highest BCUT2D eigenvalue weighted by atomic mass is 16.3. The van der Waals surface area contributed by atoms with Gasteiger partial charge in [0.2, 0.25) is 0 Å². The van der Waals surface area contributed by atoms with Gasteiger partial charge in [-0.25, -0.2) is 0 Å². The normalized spacial score (nSPS) is 15.5.